The Labute approximate surface area is 112 Å². The lowest BCUT2D eigenvalue weighted by atomic mass is 9.81. The Morgan fingerprint density at radius 1 is 1.37 bits per heavy atom. The summed E-state index contributed by atoms with van der Waals surface area (Å²) in [6, 6.07) is 0. The fourth-order valence-electron chi connectivity index (χ4n) is 1.48. The van der Waals surface area contributed by atoms with Gasteiger partial charge in [0.15, 0.2) is 5.78 Å². The van der Waals surface area contributed by atoms with Crippen LogP contribution in [-0.2, 0) is 19.7 Å². The maximum atomic E-state index is 12.0. The van der Waals surface area contributed by atoms with E-state index in [2.05, 4.69) is 13.2 Å². The van der Waals surface area contributed by atoms with Gasteiger partial charge in [-0.25, -0.2) is 0 Å². The molecule has 0 spiro atoms. The summed E-state index contributed by atoms with van der Waals surface area (Å²) in [5.74, 6) is -1.65. The van der Waals surface area contributed by atoms with Crippen LogP contribution in [0.4, 0.5) is 0 Å². The van der Waals surface area contributed by atoms with E-state index in [1.807, 2.05) is 5.32 Å². The Kier molecular flexibility index (Phi) is 4.82. The third-order valence-corrected chi connectivity index (χ3v) is 4.21. The molecule has 0 aliphatic carbocycles. The molecule has 1 amide bonds. The van der Waals surface area contributed by atoms with Gasteiger partial charge in [-0.05, 0) is 32.4 Å². The maximum absolute atomic E-state index is 12.0. The number of carbonyl (C=O) groups excluding carboxylic acids is 2. The van der Waals surface area contributed by atoms with E-state index in [0.29, 0.717) is 0 Å². The summed E-state index contributed by atoms with van der Waals surface area (Å²) in [6.07, 6.45) is 0.772. The summed E-state index contributed by atoms with van der Waals surface area (Å²) in [6.45, 7) is 10.3. The topological polar surface area (TPSA) is 127 Å². The SMILES string of the molecule is C=CC(=O)NC(N)(C(C)(C)C(=O)C(=C)C)S(=O)(=O)O. The second-order valence-electron chi connectivity index (χ2n) is 4.64. The lowest BCUT2D eigenvalue weighted by molar-refractivity contribution is -0.127. The van der Waals surface area contributed by atoms with Crippen molar-refractivity contribution in [2.75, 3.05) is 0 Å². The normalized spacial score (nSPS) is 15.2. The van der Waals surface area contributed by atoms with Crippen molar-refractivity contribution in [3.8, 4) is 0 Å². The first-order chi connectivity index (χ1) is 8.31. The number of nitrogens with two attached hydrogens (primary N) is 1. The van der Waals surface area contributed by atoms with Gasteiger partial charge in [-0.1, -0.05) is 13.2 Å². The summed E-state index contributed by atoms with van der Waals surface area (Å²) >= 11 is 0. The monoisotopic (exact) mass is 290 g/mol. The minimum Gasteiger partial charge on any atom is -0.319 e. The number of hydrogen-bond donors (Lipinski definition) is 3. The zero-order valence-electron chi connectivity index (χ0n) is 11.1. The molecular weight excluding hydrogens is 272 g/mol. The molecule has 19 heavy (non-hydrogen) atoms. The number of Topliss-reactive ketones (excluding diaryl/α,β-unsaturated/α-hetero) is 1. The number of amides is 1. The maximum Gasteiger partial charge on any atom is 0.304 e. The van der Waals surface area contributed by atoms with E-state index in [4.69, 9.17) is 5.73 Å². The number of ketones is 1. The Bertz CT molecular complexity index is 535. The zero-order chi connectivity index (χ0) is 15.6. The molecule has 0 aromatic carbocycles. The molecule has 1 unspecified atom stereocenters. The second kappa shape index (κ2) is 5.24. The van der Waals surface area contributed by atoms with Gasteiger partial charge in [0.2, 0.25) is 10.9 Å². The van der Waals surface area contributed by atoms with Crippen LogP contribution in [0.15, 0.2) is 24.8 Å². The van der Waals surface area contributed by atoms with Crippen LogP contribution in [0.25, 0.3) is 0 Å². The molecule has 108 valence electrons. The molecule has 0 aromatic rings. The van der Waals surface area contributed by atoms with Crippen molar-refractivity contribution in [2.45, 2.75) is 25.8 Å². The average Bonchev–Trinajstić information content (AvgIpc) is 2.25. The molecule has 4 N–H and O–H groups in total. The average molecular weight is 290 g/mol. The molecule has 7 nitrogen and oxygen atoms in total. The Morgan fingerprint density at radius 3 is 2.05 bits per heavy atom. The molecule has 8 heteroatoms. The predicted octanol–water partition coefficient (Wildman–Crippen LogP) is -0.0397. The molecule has 0 rings (SSSR count). The fraction of sp³-hybridized carbons (Fsp3) is 0.455. The summed E-state index contributed by atoms with van der Waals surface area (Å²) in [7, 11) is -4.97. The second-order valence-corrected chi connectivity index (χ2v) is 6.23. The Hall–Kier alpha value is -1.51. The van der Waals surface area contributed by atoms with Gasteiger partial charge < -0.3 is 5.32 Å². The van der Waals surface area contributed by atoms with Crippen LogP contribution in [0.1, 0.15) is 20.8 Å². The van der Waals surface area contributed by atoms with E-state index in [1.54, 1.807) is 0 Å². The van der Waals surface area contributed by atoms with Crippen molar-refractivity contribution < 1.29 is 22.6 Å². The van der Waals surface area contributed by atoms with Gasteiger partial charge in [0.1, 0.15) is 0 Å². The summed E-state index contributed by atoms with van der Waals surface area (Å²) < 4.78 is 32.2. The molecule has 1 atom stereocenters. The van der Waals surface area contributed by atoms with E-state index in [-0.39, 0.29) is 5.57 Å². The van der Waals surface area contributed by atoms with Crippen LogP contribution >= 0.6 is 0 Å². The summed E-state index contributed by atoms with van der Waals surface area (Å²) in [5.41, 5.74) is 3.80. The van der Waals surface area contributed by atoms with E-state index in [1.165, 1.54) is 20.8 Å². The van der Waals surface area contributed by atoms with Gasteiger partial charge in [-0.3, -0.25) is 19.9 Å². The molecule has 0 saturated carbocycles. The van der Waals surface area contributed by atoms with Crippen LogP contribution < -0.4 is 11.1 Å². The molecule has 0 bridgehead atoms. The van der Waals surface area contributed by atoms with Crippen molar-refractivity contribution in [3.63, 3.8) is 0 Å². The van der Waals surface area contributed by atoms with Crippen LogP contribution in [-0.4, -0.2) is 29.7 Å². The van der Waals surface area contributed by atoms with Crippen molar-refractivity contribution in [1.82, 2.24) is 5.32 Å². The van der Waals surface area contributed by atoms with E-state index in [9.17, 15) is 22.6 Å². The summed E-state index contributed by atoms with van der Waals surface area (Å²) in [5, 5.41) is 1.88. The van der Waals surface area contributed by atoms with Crippen molar-refractivity contribution in [1.29, 1.82) is 0 Å². The highest BCUT2D eigenvalue weighted by Crippen LogP contribution is 2.34. The standard InChI is InChI=1S/C11H18N2O5S/c1-6-8(14)13-11(12,19(16,17)18)10(4,5)9(15)7(2)3/h6H,1-2,12H2,3-5H3,(H,13,14)(H,16,17,18). The fourth-order valence-corrected chi connectivity index (χ4v) is 2.45. The molecule has 0 aliphatic rings. The first-order valence-electron chi connectivity index (χ1n) is 5.22. The molecule has 0 aliphatic heterocycles. The molecular formula is C11H18N2O5S. The van der Waals surface area contributed by atoms with Crippen LogP contribution in [0.3, 0.4) is 0 Å². The van der Waals surface area contributed by atoms with Crippen LogP contribution in [0, 0.1) is 5.41 Å². The first-order valence-corrected chi connectivity index (χ1v) is 6.66. The van der Waals surface area contributed by atoms with Crippen molar-refractivity contribution in [3.05, 3.63) is 24.8 Å². The highest BCUT2D eigenvalue weighted by atomic mass is 32.2. The lowest BCUT2D eigenvalue weighted by Crippen LogP contribution is -2.71. The van der Waals surface area contributed by atoms with Crippen molar-refractivity contribution in [2.24, 2.45) is 11.1 Å². The number of hydrogen-bond acceptors (Lipinski definition) is 5. The molecule has 0 aromatic heterocycles. The van der Waals surface area contributed by atoms with E-state index < -0.39 is 32.2 Å². The quantitative estimate of drug-likeness (QED) is 0.358. The Morgan fingerprint density at radius 2 is 1.79 bits per heavy atom. The Balaban J connectivity index is 6.02. The minimum absolute atomic E-state index is 0.0383. The predicted molar refractivity (Wildman–Crippen MR) is 70.4 cm³/mol. The minimum atomic E-state index is -4.97. The van der Waals surface area contributed by atoms with Gasteiger partial charge in [-0.15, -0.1) is 0 Å². The van der Waals surface area contributed by atoms with Crippen LogP contribution in [0.2, 0.25) is 0 Å². The van der Waals surface area contributed by atoms with Crippen molar-refractivity contribution >= 4 is 21.8 Å². The largest absolute Gasteiger partial charge is 0.319 e. The highest BCUT2D eigenvalue weighted by molar-refractivity contribution is 7.87. The summed E-state index contributed by atoms with van der Waals surface area (Å²) in [4.78, 5) is 20.6. The molecule has 0 heterocycles. The molecule has 0 radical (unpaired) electrons. The van der Waals surface area contributed by atoms with Gasteiger partial charge in [0, 0.05) is 0 Å². The third-order valence-electron chi connectivity index (χ3n) is 2.78. The third kappa shape index (κ3) is 3.09. The smallest absolute Gasteiger partial charge is 0.304 e. The van der Waals surface area contributed by atoms with Gasteiger partial charge in [0.05, 0.1) is 5.41 Å². The number of nitrogens with one attached hydrogen (secondary N) is 1. The van der Waals surface area contributed by atoms with Gasteiger partial charge in [0.25, 0.3) is 0 Å². The molecule has 0 saturated heterocycles. The lowest BCUT2D eigenvalue weighted by Gasteiger charge is -2.39. The van der Waals surface area contributed by atoms with E-state index >= 15 is 0 Å². The van der Waals surface area contributed by atoms with Gasteiger partial charge in [-0.2, -0.15) is 8.42 Å². The van der Waals surface area contributed by atoms with Gasteiger partial charge >= 0.3 is 10.1 Å². The first kappa shape index (κ1) is 17.5. The zero-order valence-corrected chi connectivity index (χ0v) is 11.9. The highest BCUT2D eigenvalue weighted by Gasteiger charge is 2.57. The number of rotatable bonds is 6. The van der Waals surface area contributed by atoms with E-state index in [0.717, 1.165) is 6.08 Å². The van der Waals surface area contributed by atoms with Crippen LogP contribution in [0.5, 0.6) is 0 Å². The molecule has 0 fully saturated rings. The number of allylic oxidation sites excluding steroid dienone is 1. The number of carbonyl (C=O) groups is 2.